The van der Waals surface area contributed by atoms with E-state index in [0.29, 0.717) is 0 Å². The normalized spacial score (nSPS) is 25.6. The van der Waals surface area contributed by atoms with Gasteiger partial charge in [-0.25, -0.2) is 0 Å². The van der Waals surface area contributed by atoms with Crippen LogP contribution in [0.25, 0.3) is 0 Å². The first kappa shape index (κ1) is 13.4. The van der Waals surface area contributed by atoms with E-state index in [1.165, 1.54) is 5.56 Å². The van der Waals surface area contributed by atoms with Crippen LogP contribution in [-0.4, -0.2) is 17.3 Å². The fourth-order valence-corrected chi connectivity index (χ4v) is 3.07. The molecule has 1 saturated carbocycles. The molecule has 1 N–H and O–H groups in total. The molecule has 2 nitrogen and oxygen atoms in total. The summed E-state index contributed by atoms with van der Waals surface area (Å²) in [5.74, 6) is 0.942. The van der Waals surface area contributed by atoms with Crippen LogP contribution in [0.15, 0.2) is 24.3 Å². The van der Waals surface area contributed by atoms with Crippen LogP contribution in [0.1, 0.15) is 45.6 Å². The molecule has 100 valence electrons. The Bertz CT molecular complexity index is 396. The van der Waals surface area contributed by atoms with Crippen LogP contribution in [0, 0.1) is 5.41 Å². The molecule has 1 aromatic carbocycles. The van der Waals surface area contributed by atoms with Crippen LogP contribution in [0.2, 0.25) is 0 Å². The van der Waals surface area contributed by atoms with Gasteiger partial charge in [0.05, 0.1) is 6.10 Å². The highest BCUT2D eigenvalue weighted by atomic mass is 16.5. The van der Waals surface area contributed by atoms with Gasteiger partial charge in [-0.05, 0) is 37.0 Å². The van der Waals surface area contributed by atoms with Crippen molar-refractivity contribution in [3.05, 3.63) is 29.8 Å². The van der Waals surface area contributed by atoms with Crippen molar-refractivity contribution in [1.29, 1.82) is 0 Å². The van der Waals surface area contributed by atoms with Gasteiger partial charge in [0.25, 0.3) is 0 Å². The lowest BCUT2D eigenvalue weighted by Crippen LogP contribution is -2.59. The molecule has 2 unspecified atom stereocenters. The number of aliphatic hydroxyl groups excluding tert-OH is 1. The molecule has 0 spiro atoms. The molecule has 2 heteroatoms. The Kier molecular flexibility index (Phi) is 3.96. The Morgan fingerprint density at radius 1 is 1.28 bits per heavy atom. The minimum atomic E-state index is -0.202. The third-order valence-corrected chi connectivity index (χ3v) is 4.64. The van der Waals surface area contributed by atoms with Gasteiger partial charge < -0.3 is 9.84 Å². The van der Waals surface area contributed by atoms with E-state index in [-0.39, 0.29) is 17.6 Å². The molecule has 2 rings (SSSR count). The second kappa shape index (κ2) is 5.31. The lowest BCUT2D eigenvalue weighted by Gasteiger charge is -2.52. The van der Waals surface area contributed by atoms with Gasteiger partial charge in [0, 0.05) is 11.8 Å². The Balaban J connectivity index is 2.10. The summed E-state index contributed by atoms with van der Waals surface area (Å²) in [5, 5.41) is 10.0. The highest BCUT2D eigenvalue weighted by Gasteiger charge is 2.53. The lowest BCUT2D eigenvalue weighted by atomic mass is 9.60. The third-order valence-electron chi connectivity index (χ3n) is 4.64. The van der Waals surface area contributed by atoms with Crippen molar-refractivity contribution in [2.75, 3.05) is 0 Å². The van der Waals surface area contributed by atoms with E-state index in [1.54, 1.807) is 0 Å². The fourth-order valence-electron chi connectivity index (χ4n) is 3.07. The molecule has 1 aromatic rings. The van der Waals surface area contributed by atoms with Crippen LogP contribution in [-0.2, 0) is 6.42 Å². The van der Waals surface area contributed by atoms with Gasteiger partial charge in [0.2, 0.25) is 0 Å². The number of hydrogen-bond acceptors (Lipinski definition) is 2. The first-order chi connectivity index (χ1) is 8.66. The molecule has 1 fully saturated rings. The average Bonchev–Trinajstić information content (AvgIpc) is 2.40. The summed E-state index contributed by atoms with van der Waals surface area (Å²) in [6.07, 6.45) is 3.70. The molecule has 0 saturated heterocycles. The van der Waals surface area contributed by atoms with Crippen molar-refractivity contribution in [3.8, 4) is 5.75 Å². The van der Waals surface area contributed by atoms with E-state index in [0.717, 1.165) is 31.4 Å². The summed E-state index contributed by atoms with van der Waals surface area (Å²) in [6, 6.07) is 8.29. The second-order valence-corrected chi connectivity index (χ2v) is 5.30. The summed E-state index contributed by atoms with van der Waals surface area (Å²) < 4.78 is 6.10. The zero-order valence-corrected chi connectivity index (χ0v) is 11.6. The molecule has 0 radical (unpaired) electrons. The topological polar surface area (TPSA) is 29.5 Å². The van der Waals surface area contributed by atoms with Crippen LogP contribution < -0.4 is 4.74 Å². The van der Waals surface area contributed by atoms with Crippen LogP contribution >= 0.6 is 0 Å². The maximum Gasteiger partial charge on any atom is 0.120 e. The number of aryl methyl sites for hydroxylation is 1. The van der Waals surface area contributed by atoms with Gasteiger partial charge in [0.1, 0.15) is 11.9 Å². The minimum Gasteiger partial charge on any atom is -0.490 e. The number of ether oxygens (including phenoxy) is 1. The van der Waals surface area contributed by atoms with E-state index in [1.807, 2.05) is 12.1 Å². The number of benzene rings is 1. The van der Waals surface area contributed by atoms with E-state index in [4.69, 9.17) is 4.74 Å². The van der Waals surface area contributed by atoms with Gasteiger partial charge in [-0.15, -0.1) is 0 Å². The van der Waals surface area contributed by atoms with E-state index in [9.17, 15) is 5.11 Å². The second-order valence-electron chi connectivity index (χ2n) is 5.30. The predicted molar refractivity (Wildman–Crippen MR) is 73.9 cm³/mol. The number of aliphatic hydroxyl groups is 1. The van der Waals surface area contributed by atoms with Crippen molar-refractivity contribution in [1.82, 2.24) is 0 Å². The molecule has 1 aliphatic rings. The Labute approximate surface area is 110 Å². The third kappa shape index (κ3) is 2.14. The maximum absolute atomic E-state index is 10.0. The number of hydrogen-bond donors (Lipinski definition) is 1. The van der Waals surface area contributed by atoms with Gasteiger partial charge >= 0.3 is 0 Å². The Morgan fingerprint density at radius 2 is 2.00 bits per heavy atom. The van der Waals surface area contributed by atoms with Crippen molar-refractivity contribution in [2.45, 2.75) is 58.7 Å². The molecule has 0 bridgehead atoms. The first-order valence-electron chi connectivity index (χ1n) is 7.10. The van der Waals surface area contributed by atoms with Crippen molar-refractivity contribution < 1.29 is 9.84 Å². The molecule has 0 aromatic heterocycles. The molecule has 2 atom stereocenters. The minimum absolute atomic E-state index is 0.0395. The van der Waals surface area contributed by atoms with Crippen molar-refractivity contribution in [3.63, 3.8) is 0 Å². The highest BCUT2D eigenvalue weighted by molar-refractivity contribution is 5.29. The summed E-state index contributed by atoms with van der Waals surface area (Å²) in [7, 11) is 0. The molecule has 0 amide bonds. The largest absolute Gasteiger partial charge is 0.490 e. The van der Waals surface area contributed by atoms with Gasteiger partial charge in [-0.2, -0.15) is 0 Å². The zero-order valence-electron chi connectivity index (χ0n) is 11.6. The zero-order chi connectivity index (χ0) is 13.2. The average molecular weight is 248 g/mol. The van der Waals surface area contributed by atoms with E-state index in [2.05, 4.69) is 32.9 Å². The summed E-state index contributed by atoms with van der Waals surface area (Å²) >= 11 is 0. The monoisotopic (exact) mass is 248 g/mol. The Hall–Kier alpha value is -1.02. The quantitative estimate of drug-likeness (QED) is 0.863. The molecule has 0 heterocycles. The SMILES string of the molecule is CCc1cccc(OC2CC(O)C2(CC)CC)c1. The maximum atomic E-state index is 10.0. The van der Waals surface area contributed by atoms with Crippen LogP contribution in [0.4, 0.5) is 0 Å². The lowest BCUT2D eigenvalue weighted by molar-refractivity contribution is -0.159. The smallest absolute Gasteiger partial charge is 0.120 e. The van der Waals surface area contributed by atoms with Crippen molar-refractivity contribution >= 4 is 0 Å². The molecular formula is C16H24O2. The standard InChI is InChI=1S/C16H24O2/c1-4-12-8-7-9-13(10-12)18-15-11-14(17)16(15,5-2)6-3/h7-10,14-15,17H,4-6,11H2,1-3H3. The van der Waals surface area contributed by atoms with E-state index >= 15 is 0 Å². The summed E-state index contributed by atoms with van der Waals surface area (Å²) in [4.78, 5) is 0. The van der Waals surface area contributed by atoms with Gasteiger partial charge in [-0.1, -0.05) is 32.9 Å². The van der Waals surface area contributed by atoms with Gasteiger partial charge in [-0.3, -0.25) is 0 Å². The summed E-state index contributed by atoms with van der Waals surface area (Å²) in [5.41, 5.74) is 1.26. The van der Waals surface area contributed by atoms with Crippen LogP contribution in [0.5, 0.6) is 5.75 Å². The first-order valence-corrected chi connectivity index (χ1v) is 7.10. The summed E-state index contributed by atoms with van der Waals surface area (Å²) in [6.45, 7) is 6.43. The molecule has 18 heavy (non-hydrogen) atoms. The Morgan fingerprint density at radius 3 is 2.56 bits per heavy atom. The van der Waals surface area contributed by atoms with Crippen LogP contribution in [0.3, 0.4) is 0 Å². The molecule has 1 aliphatic carbocycles. The van der Waals surface area contributed by atoms with Crippen molar-refractivity contribution in [2.24, 2.45) is 5.41 Å². The predicted octanol–water partition coefficient (Wildman–Crippen LogP) is 3.57. The fraction of sp³-hybridized carbons (Fsp3) is 0.625. The molecule has 0 aliphatic heterocycles. The highest BCUT2D eigenvalue weighted by Crippen LogP contribution is 2.48. The number of rotatable bonds is 5. The van der Waals surface area contributed by atoms with E-state index < -0.39 is 0 Å². The molecular weight excluding hydrogens is 224 g/mol. The van der Waals surface area contributed by atoms with Gasteiger partial charge in [0.15, 0.2) is 0 Å².